The van der Waals surface area contributed by atoms with E-state index in [9.17, 15) is 4.79 Å². The van der Waals surface area contributed by atoms with Crippen molar-refractivity contribution in [1.82, 2.24) is 9.80 Å². The molecule has 4 nitrogen and oxygen atoms in total. The van der Waals surface area contributed by atoms with E-state index in [1.54, 1.807) is 0 Å². The van der Waals surface area contributed by atoms with Gasteiger partial charge in [0, 0.05) is 31.1 Å². The Hall–Kier alpha value is -2.17. The maximum absolute atomic E-state index is 12.9. The summed E-state index contributed by atoms with van der Waals surface area (Å²) < 4.78 is 5.37. The average molecular weight is 350 g/mol. The van der Waals surface area contributed by atoms with Gasteiger partial charge in [0.15, 0.2) is 0 Å². The molecule has 4 rings (SSSR count). The third-order valence-corrected chi connectivity index (χ3v) is 5.51. The predicted octanol–water partition coefficient (Wildman–Crippen LogP) is 3.13. The van der Waals surface area contributed by atoms with Gasteiger partial charge in [-0.05, 0) is 48.8 Å². The summed E-state index contributed by atoms with van der Waals surface area (Å²) in [5.74, 6) is 0.517. The number of benzene rings is 2. The number of carbonyl (C=O) groups excluding carboxylic acids is 1. The first-order chi connectivity index (χ1) is 12.7. The summed E-state index contributed by atoms with van der Waals surface area (Å²) in [5, 5.41) is 0. The van der Waals surface area contributed by atoms with Crippen molar-refractivity contribution in [2.24, 2.45) is 0 Å². The van der Waals surface area contributed by atoms with Crippen LogP contribution in [0.5, 0.6) is 0 Å². The molecule has 26 heavy (non-hydrogen) atoms. The fourth-order valence-corrected chi connectivity index (χ4v) is 4.07. The molecule has 2 aliphatic heterocycles. The molecule has 2 aliphatic rings. The third-order valence-electron chi connectivity index (χ3n) is 5.51. The Kier molecular flexibility index (Phi) is 5.05. The van der Waals surface area contributed by atoms with Crippen molar-refractivity contribution in [3.8, 4) is 0 Å². The molecule has 2 aromatic carbocycles. The van der Waals surface area contributed by atoms with E-state index in [2.05, 4.69) is 54.4 Å². The Balaban J connectivity index is 1.67. The monoisotopic (exact) mass is 350 g/mol. The average Bonchev–Trinajstić information content (AvgIpc) is 2.86. The Morgan fingerprint density at radius 1 is 1.04 bits per heavy atom. The fourth-order valence-electron chi connectivity index (χ4n) is 4.07. The number of amides is 1. The van der Waals surface area contributed by atoms with E-state index in [0.717, 1.165) is 25.1 Å². The quantitative estimate of drug-likeness (QED) is 0.834. The zero-order valence-electron chi connectivity index (χ0n) is 15.4. The van der Waals surface area contributed by atoms with Gasteiger partial charge < -0.3 is 14.5 Å². The second-order valence-corrected chi connectivity index (χ2v) is 7.31. The van der Waals surface area contributed by atoms with E-state index in [4.69, 9.17) is 4.74 Å². The van der Waals surface area contributed by atoms with Gasteiger partial charge in [-0.1, -0.05) is 36.4 Å². The van der Waals surface area contributed by atoms with Gasteiger partial charge in [0.25, 0.3) is 5.91 Å². The zero-order chi connectivity index (χ0) is 17.9. The summed E-state index contributed by atoms with van der Waals surface area (Å²) in [6.07, 6.45) is 1.10. The molecule has 1 unspecified atom stereocenters. The molecule has 1 atom stereocenters. The first kappa shape index (κ1) is 17.3. The number of hydrogen-bond donors (Lipinski definition) is 0. The van der Waals surface area contributed by atoms with Crippen LogP contribution in [0.1, 0.15) is 39.4 Å². The Morgan fingerprint density at radius 2 is 1.81 bits per heavy atom. The molecule has 1 saturated heterocycles. The van der Waals surface area contributed by atoms with Gasteiger partial charge in [0.1, 0.15) is 0 Å². The smallest absolute Gasteiger partial charge is 0.254 e. The Labute approximate surface area is 155 Å². The van der Waals surface area contributed by atoms with Crippen LogP contribution in [-0.2, 0) is 11.3 Å². The fraction of sp³-hybridized carbons (Fsp3) is 0.409. The minimum Gasteiger partial charge on any atom is -0.378 e. The van der Waals surface area contributed by atoms with Crippen molar-refractivity contribution >= 4 is 5.91 Å². The second kappa shape index (κ2) is 7.60. The van der Waals surface area contributed by atoms with E-state index >= 15 is 0 Å². The van der Waals surface area contributed by atoms with Gasteiger partial charge in [-0.3, -0.25) is 4.79 Å². The van der Waals surface area contributed by atoms with Gasteiger partial charge >= 0.3 is 0 Å². The minimum absolute atomic E-state index is 0.124. The van der Waals surface area contributed by atoms with Gasteiger partial charge in [-0.2, -0.15) is 0 Å². The molecular formula is C22H26N2O2. The van der Waals surface area contributed by atoms with Crippen molar-refractivity contribution in [3.05, 3.63) is 70.8 Å². The molecule has 2 heterocycles. The lowest BCUT2D eigenvalue weighted by Gasteiger charge is -2.27. The van der Waals surface area contributed by atoms with Crippen LogP contribution in [-0.4, -0.2) is 55.6 Å². The molecule has 0 aliphatic carbocycles. The lowest BCUT2D eigenvalue weighted by atomic mass is 9.86. The molecule has 4 heteroatoms. The Morgan fingerprint density at radius 3 is 2.58 bits per heavy atom. The molecule has 0 N–H and O–H groups in total. The standard InChI is InChI=1S/C22H26N2O2/c1-23-10-9-21(17-5-3-2-4-6-17)20-8-7-18(15-19(20)16-23)22(25)24-11-13-26-14-12-24/h2-8,15,21H,9-14,16H2,1H3. The number of rotatable bonds is 2. The number of fused-ring (bicyclic) bond motifs is 1. The van der Waals surface area contributed by atoms with E-state index in [1.165, 1.54) is 16.7 Å². The highest BCUT2D eigenvalue weighted by Crippen LogP contribution is 2.34. The van der Waals surface area contributed by atoms with Crippen LogP contribution in [0.2, 0.25) is 0 Å². The summed E-state index contributed by atoms with van der Waals surface area (Å²) >= 11 is 0. The maximum Gasteiger partial charge on any atom is 0.254 e. The van der Waals surface area contributed by atoms with Crippen molar-refractivity contribution in [2.75, 3.05) is 39.9 Å². The van der Waals surface area contributed by atoms with Gasteiger partial charge in [0.05, 0.1) is 13.2 Å². The van der Waals surface area contributed by atoms with Crippen LogP contribution in [0.15, 0.2) is 48.5 Å². The summed E-state index contributed by atoms with van der Waals surface area (Å²) in [4.78, 5) is 17.1. The minimum atomic E-state index is 0.124. The first-order valence-electron chi connectivity index (χ1n) is 9.46. The van der Waals surface area contributed by atoms with Crippen LogP contribution >= 0.6 is 0 Å². The van der Waals surface area contributed by atoms with Crippen molar-refractivity contribution < 1.29 is 9.53 Å². The lowest BCUT2D eigenvalue weighted by Crippen LogP contribution is -2.40. The highest BCUT2D eigenvalue weighted by molar-refractivity contribution is 5.94. The van der Waals surface area contributed by atoms with E-state index < -0.39 is 0 Å². The summed E-state index contributed by atoms with van der Waals surface area (Å²) in [7, 11) is 2.16. The van der Waals surface area contributed by atoms with Gasteiger partial charge in [0.2, 0.25) is 0 Å². The Bertz CT molecular complexity index is 769. The molecule has 136 valence electrons. The predicted molar refractivity (Wildman–Crippen MR) is 102 cm³/mol. The van der Waals surface area contributed by atoms with Crippen LogP contribution in [0.3, 0.4) is 0 Å². The third kappa shape index (κ3) is 3.53. The molecular weight excluding hydrogens is 324 g/mol. The topological polar surface area (TPSA) is 32.8 Å². The second-order valence-electron chi connectivity index (χ2n) is 7.31. The van der Waals surface area contributed by atoms with Crippen molar-refractivity contribution in [1.29, 1.82) is 0 Å². The highest BCUT2D eigenvalue weighted by Gasteiger charge is 2.25. The molecule has 0 bridgehead atoms. The van der Waals surface area contributed by atoms with Crippen LogP contribution < -0.4 is 0 Å². The highest BCUT2D eigenvalue weighted by atomic mass is 16.5. The number of carbonyl (C=O) groups is 1. The number of hydrogen-bond acceptors (Lipinski definition) is 3. The van der Waals surface area contributed by atoms with Crippen LogP contribution in [0.4, 0.5) is 0 Å². The molecule has 2 aromatic rings. The van der Waals surface area contributed by atoms with E-state index in [-0.39, 0.29) is 5.91 Å². The largest absolute Gasteiger partial charge is 0.378 e. The number of ether oxygens (including phenoxy) is 1. The molecule has 0 spiro atoms. The van der Waals surface area contributed by atoms with E-state index in [1.807, 2.05) is 11.0 Å². The van der Waals surface area contributed by atoms with Crippen molar-refractivity contribution in [3.63, 3.8) is 0 Å². The molecule has 0 radical (unpaired) electrons. The van der Waals surface area contributed by atoms with Gasteiger partial charge in [-0.25, -0.2) is 0 Å². The first-order valence-corrected chi connectivity index (χ1v) is 9.46. The zero-order valence-corrected chi connectivity index (χ0v) is 15.4. The molecule has 1 amide bonds. The van der Waals surface area contributed by atoms with Crippen molar-refractivity contribution in [2.45, 2.75) is 18.9 Å². The normalized spacial score (nSPS) is 21.1. The summed E-state index contributed by atoms with van der Waals surface area (Å²) in [6, 6.07) is 17.0. The number of morpholine rings is 1. The molecule has 0 aromatic heterocycles. The number of nitrogens with zero attached hydrogens (tertiary/aromatic N) is 2. The SMILES string of the molecule is CN1CCC(c2ccccc2)c2ccc(C(=O)N3CCOCC3)cc2C1. The maximum atomic E-state index is 12.9. The van der Waals surface area contributed by atoms with Gasteiger partial charge in [-0.15, -0.1) is 0 Å². The lowest BCUT2D eigenvalue weighted by molar-refractivity contribution is 0.0303. The summed E-state index contributed by atoms with van der Waals surface area (Å²) in [5.41, 5.74) is 4.79. The van der Waals surface area contributed by atoms with Crippen LogP contribution in [0.25, 0.3) is 0 Å². The van der Waals surface area contributed by atoms with Crippen LogP contribution in [0, 0.1) is 0 Å². The molecule has 0 saturated carbocycles. The molecule has 1 fully saturated rings. The summed E-state index contributed by atoms with van der Waals surface area (Å²) in [6.45, 7) is 4.58. The van der Waals surface area contributed by atoms with E-state index in [0.29, 0.717) is 32.2 Å².